The van der Waals surface area contributed by atoms with Crippen LogP contribution in [0.1, 0.15) is 34.3 Å². The second-order valence-electron chi connectivity index (χ2n) is 8.15. The summed E-state index contributed by atoms with van der Waals surface area (Å²) < 4.78 is 0. The molecule has 0 spiro atoms. The zero-order chi connectivity index (χ0) is 20.7. The summed E-state index contributed by atoms with van der Waals surface area (Å²) in [6.45, 7) is 3.82. The second kappa shape index (κ2) is 9.68. The van der Waals surface area contributed by atoms with Gasteiger partial charge in [0.05, 0.1) is 5.56 Å². The van der Waals surface area contributed by atoms with E-state index in [4.69, 9.17) is 0 Å². The van der Waals surface area contributed by atoms with E-state index >= 15 is 0 Å². The molecule has 0 saturated carbocycles. The van der Waals surface area contributed by atoms with Crippen LogP contribution in [-0.2, 0) is 11.8 Å². The van der Waals surface area contributed by atoms with Gasteiger partial charge >= 0.3 is 0 Å². The van der Waals surface area contributed by atoms with E-state index in [1.807, 2.05) is 6.07 Å². The van der Waals surface area contributed by atoms with Gasteiger partial charge in [-0.05, 0) is 55.6 Å². The van der Waals surface area contributed by atoms with Gasteiger partial charge in [-0.15, -0.1) is 0 Å². The predicted octanol–water partition coefficient (Wildman–Crippen LogP) is 4.09. The minimum atomic E-state index is -0.0510. The lowest BCUT2D eigenvalue weighted by Crippen LogP contribution is -2.49. The van der Waals surface area contributed by atoms with Crippen molar-refractivity contribution in [2.45, 2.75) is 24.7 Å². The Morgan fingerprint density at radius 1 is 0.933 bits per heavy atom. The van der Waals surface area contributed by atoms with E-state index in [1.54, 1.807) is 18.5 Å². The molecule has 1 saturated heterocycles. The van der Waals surface area contributed by atoms with Crippen molar-refractivity contribution in [1.29, 1.82) is 0 Å². The first-order valence-electron chi connectivity index (χ1n) is 10.8. The van der Waals surface area contributed by atoms with Crippen molar-refractivity contribution in [3.05, 3.63) is 102 Å². The molecule has 0 unspecified atom stereocenters. The fraction of sp³-hybridized carbons (Fsp3) is 0.308. The first kappa shape index (κ1) is 20.3. The highest BCUT2D eigenvalue weighted by atomic mass is 16.1. The van der Waals surface area contributed by atoms with Crippen molar-refractivity contribution < 1.29 is 4.79 Å². The van der Waals surface area contributed by atoms with Gasteiger partial charge in [-0.2, -0.15) is 0 Å². The van der Waals surface area contributed by atoms with Crippen LogP contribution in [-0.4, -0.2) is 42.0 Å². The van der Waals surface area contributed by atoms with Gasteiger partial charge in [0, 0.05) is 30.9 Å². The summed E-state index contributed by atoms with van der Waals surface area (Å²) in [5.41, 5.74) is 3.30. The molecule has 3 aromatic rings. The summed E-state index contributed by atoms with van der Waals surface area (Å²) in [6.07, 6.45) is 6.47. The minimum absolute atomic E-state index is 0.0254. The minimum Gasteiger partial charge on any atom is -0.351 e. The lowest BCUT2D eigenvalue weighted by Gasteiger charge is -2.42. The molecule has 0 radical (unpaired) electrons. The van der Waals surface area contributed by atoms with E-state index < -0.39 is 0 Å². The molecule has 4 heteroatoms. The van der Waals surface area contributed by atoms with Crippen LogP contribution in [0.5, 0.6) is 0 Å². The maximum Gasteiger partial charge on any atom is 0.252 e. The van der Waals surface area contributed by atoms with E-state index in [-0.39, 0.29) is 11.3 Å². The lowest BCUT2D eigenvalue weighted by molar-refractivity contribution is 0.0921. The van der Waals surface area contributed by atoms with Crippen LogP contribution in [0.4, 0.5) is 0 Å². The largest absolute Gasteiger partial charge is 0.351 e. The molecule has 1 N–H and O–H groups in total. The SMILES string of the molecule is O=C(NCC1(c2ccccc2)CCN(CCc2ccccc2)CC1)c1cccnc1. The van der Waals surface area contributed by atoms with Gasteiger partial charge in [-0.25, -0.2) is 0 Å². The van der Waals surface area contributed by atoms with E-state index in [2.05, 4.69) is 75.9 Å². The Balaban J connectivity index is 1.41. The Kier molecular flexibility index (Phi) is 6.55. The topological polar surface area (TPSA) is 45.2 Å². The Bertz CT molecular complexity index is 920. The number of carbonyl (C=O) groups is 1. The maximum atomic E-state index is 12.6. The van der Waals surface area contributed by atoms with Gasteiger partial charge in [0.25, 0.3) is 5.91 Å². The van der Waals surface area contributed by atoms with Gasteiger partial charge in [0.2, 0.25) is 0 Å². The van der Waals surface area contributed by atoms with Crippen molar-refractivity contribution in [2.75, 3.05) is 26.2 Å². The molecule has 1 fully saturated rings. The molecule has 0 bridgehead atoms. The van der Waals surface area contributed by atoms with Crippen molar-refractivity contribution >= 4 is 5.91 Å². The third-order valence-corrected chi connectivity index (χ3v) is 6.27. The number of piperidine rings is 1. The number of nitrogens with one attached hydrogen (secondary N) is 1. The maximum absolute atomic E-state index is 12.6. The van der Waals surface area contributed by atoms with E-state index in [0.29, 0.717) is 12.1 Å². The van der Waals surface area contributed by atoms with Gasteiger partial charge in [0.1, 0.15) is 0 Å². The highest BCUT2D eigenvalue weighted by Crippen LogP contribution is 2.35. The highest BCUT2D eigenvalue weighted by molar-refractivity contribution is 5.93. The Morgan fingerprint density at radius 3 is 2.30 bits per heavy atom. The molecule has 0 aliphatic carbocycles. The number of benzene rings is 2. The van der Waals surface area contributed by atoms with E-state index in [0.717, 1.165) is 38.9 Å². The van der Waals surface area contributed by atoms with Crippen LogP contribution in [0.3, 0.4) is 0 Å². The zero-order valence-corrected chi connectivity index (χ0v) is 17.3. The summed E-state index contributed by atoms with van der Waals surface area (Å²) in [5, 5.41) is 3.18. The van der Waals surface area contributed by atoms with E-state index in [1.165, 1.54) is 11.1 Å². The van der Waals surface area contributed by atoms with Crippen LogP contribution in [0.15, 0.2) is 85.2 Å². The molecule has 30 heavy (non-hydrogen) atoms. The fourth-order valence-electron chi connectivity index (χ4n) is 4.34. The third-order valence-electron chi connectivity index (χ3n) is 6.27. The van der Waals surface area contributed by atoms with Gasteiger partial charge in [-0.1, -0.05) is 60.7 Å². The zero-order valence-electron chi connectivity index (χ0n) is 17.3. The second-order valence-corrected chi connectivity index (χ2v) is 8.15. The predicted molar refractivity (Wildman–Crippen MR) is 121 cm³/mol. The van der Waals surface area contributed by atoms with Crippen molar-refractivity contribution in [2.24, 2.45) is 0 Å². The van der Waals surface area contributed by atoms with E-state index in [9.17, 15) is 4.79 Å². The molecule has 1 aliphatic heterocycles. The average Bonchev–Trinajstić information content (AvgIpc) is 2.84. The first-order chi connectivity index (χ1) is 14.8. The van der Waals surface area contributed by atoms with Crippen molar-refractivity contribution in [1.82, 2.24) is 15.2 Å². The standard InChI is InChI=1S/C26H29N3O/c30-25(23-10-7-16-27-20-23)28-21-26(24-11-5-2-6-12-24)14-18-29(19-15-26)17-13-22-8-3-1-4-9-22/h1-12,16,20H,13-15,17-19,21H2,(H,28,30). The molecular formula is C26H29N3O. The van der Waals surface area contributed by atoms with Crippen LogP contribution < -0.4 is 5.32 Å². The molecule has 1 amide bonds. The number of hydrogen-bond donors (Lipinski definition) is 1. The Hall–Kier alpha value is -2.98. The van der Waals surface area contributed by atoms with Crippen LogP contribution in [0.2, 0.25) is 0 Å². The van der Waals surface area contributed by atoms with Crippen LogP contribution >= 0.6 is 0 Å². The van der Waals surface area contributed by atoms with Gasteiger partial charge in [-0.3, -0.25) is 9.78 Å². The highest BCUT2D eigenvalue weighted by Gasteiger charge is 2.36. The number of pyridine rings is 1. The van der Waals surface area contributed by atoms with Gasteiger partial charge < -0.3 is 10.2 Å². The molecule has 1 aromatic heterocycles. The third kappa shape index (κ3) is 4.95. The molecule has 2 aromatic carbocycles. The molecule has 4 nitrogen and oxygen atoms in total. The Morgan fingerprint density at radius 2 is 1.63 bits per heavy atom. The van der Waals surface area contributed by atoms with Crippen molar-refractivity contribution in [3.63, 3.8) is 0 Å². The molecule has 4 rings (SSSR count). The number of rotatable bonds is 7. The van der Waals surface area contributed by atoms with Crippen LogP contribution in [0, 0.1) is 0 Å². The van der Waals surface area contributed by atoms with Gasteiger partial charge in [0.15, 0.2) is 0 Å². The summed E-state index contributed by atoms with van der Waals surface area (Å²) in [6, 6.07) is 25.0. The molecule has 2 heterocycles. The van der Waals surface area contributed by atoms with Crippen LogP contribution in [0.25, 0.3) is 0 Å². The van der Waals surface area contributed by atoms with Crippen molar-refractivity contribution in [3.8, 4) is 0 Å². The number of aromatic nitrogens is 1. The Labute approximate surface area is 179 Å². The molecule has 154 valence electrons. The number of hydrogen-bond acceptors (Lipinski definition) is 3. The molecular weight excluding hydrogens is 370 g/mol. The summed E-state index contributed by atoms with van der Waals surface area (Å²) in [4.78, 5) is 19.2. The number of carbonyl (C=O) groups excluding carboxylic acids is 1. The quantitative estimate of drug-likeness (QED) is 0.651. The summed E-state index contributed by atoms with van der Waals surface area (Å²) in [7, 11) is 0. The summed E-state index contributed by atoms with van der Waals surface area (Å²) >= 11 is 0. The fourth-order valence-corrected chi connectivity index (χ4v) is 4.34. The number of nitrogens with zero attached hydrogens (tertiary/aromatic N) is 2. The normalized spacial score (nSPS) is 16.1. The number of amides is 1. The molecule has 1 aliphatic rings. The number of likely N-dealkylation sites (tertiary alicyclic amines) is 1. The summed E-state index contributed by atoms with van der Waals surface area (Å²) in [5.74, 6) is -0.0510. The first-order valence-corrected chi connectivity index (χ1v) is 10.8. The lowest BCUT2D eigenvalue weighted by atomic mass is 9.72. The average molecular weight is 400 g/mol. The molecule has 0 atom stereocenters. The monoisotopic (exact) mass is 399 g/mol. The smallest absolute Gasteiger partial charge is 0.252 e.